The Morgan fingerprint density at radius 1 is 1.19 bits per heavy atom. The molecule has 2 aromatic carbocycles. The lowest BCUT2D eigenvalue weighted by atomic mass is 10.1. The Balaban J connectivity index is 2.13. The fourth-order valence-corrected chi connectivity index (χ4v) is 3.73. The molecule has 140 valence electrons. The van der Waals surface area contributed by atoms with E-state index in [0.717, 1.165) is 5.56 Å². The summed E-state index contributed by atoms with van der Waals surface area (Å²) in [6.07, 6.45) is 0. The first-order valence-electron chi connectivity index (χ1n) is 7.92. The number of hydrogen-bond donors (Lipinski definition) is 2. The van der Waals surface area contributed by atoms with E-state index < -0.39 is 10.0 Å². The van der Waals surface area contributed by atoms with Crippen molar-refractivity contribution in [1.29, 1.82) is 0 Å². The van der Waals surface area contributed by atoms with Crippen LogP contribution in [-0.4, -0.2) is 34.1 Å². The maximum absolute atomic E-state index is 12.4. The van der Waals surface area contributed by atoms with E-state index in [1.54, 1.807) is 25.1 Å². The van der Waals surface area contributed by atoms with Gasteiger partial charge < -0.3 is 10.1 Å². The van der Waals surface area contributed by atoms with Gasteiger partial charge in [-0.05, 0) is 55.8 Å². The number of aryl methyl sites for hydroxylation is 1. The molecule has 1 amide bonds. The number of ether oxygens (including phenoxy) is 1. The number of carbonyl (C=O) groups excluding carboxylic acids is 1. The Morgan fingerprint density at radius 2 is 1.85 bits per heavy atom. The van der Waals surface area contributed by atoms with E-state index in [0.29, 0.717) is 16.3 Å². The number of sulfonamides is 1. The van der Waals surface area contributed by atoms with Crippen LogP contribution in [0.2, 0.25) is 5.02 Å². The summed E-state index contributed by atoms with van der Waals surface area (Å²) in [5.41, 5.74) is 1.82. The number of hydrogen-bond acceptors (Lipinski definition) is 4. The van der Waals surface area contributed by atoms with Gasteiger partial charge in [0.1, 0.15) is 0 Å². The van der Waals surface area contributed by atoms with Crippen molar-refractivity contribution in [2.75, 3.05) is 19.0 Å². The Morgan fingerprint density at radius 3 is 2.46 bits per heavy atom. The van der Waals surface area contributed by atoms with Crippen LogP contribution in [0.1, 0.15) is 22.8 Å². The first kappa shape index (κ1) is 20.4. The molecule has 0 radical (unpaired) electrons. The SMILES string of the molecule is COC[C@@H](C)NS(=O)(=O)c1ccc(C(=O)Nc2cc(Cl)ccc2C)cc1. The summed E-state index contributed by atoms with van der Waals surface area (Å²) in [4.78, 5) is 12.4. The third-order valence-electron chi connectivity index (χ3n) is 3.65. The van der Waals surface area contributed by atoms with Crippen LogP contribution in [0.4, 0.5) is 5.69 Å². The van der Waals surface area contributed by atoms with Crippen LogP contribution in [0.15, 0.2) is 47.4 Å². The van der Waals surface area contributed by atoms with Crippen LogP contribution in [0, 0.1) is 6.92 Å². The van der Waals surface area contributed by atoms with Gasteiger partial charge in [0.25, 0.3) is 5.91 Å². The van der Waals surface area contributed by atoms with E-state index in [4.69, 9.17) is 16.3 Å². The van der Waals surface area contributed by atoms with Crippen LogP contribution in [0.5, 0.6) is 0 Å². The van der Waals surface area contributed by atoms with Gasteiger partial charge in [0.05, 0.1) is 11.5 Å². The molecule has 0 unspecified atom stereocenters. The highest BCUT2D eigenvalue weighted by Gasteiger charge is 2.18. The van der Waals surface area contributed by atoms with E-state index in [1.807, 2.05) is 6.92 Å². The van der Waals surface area contributed by atoms with Gasteiger partial charge in [0.15, 0.2) is 0 Å². The zero-order chi connectivity index (χ0) is 19.3. The highest BCUT2D eigenvalue weighted by atomic mass is 35.5. The van der Waals surface area contributed by atoms with Crippen LogP contribution in [0.25, 0.3) is 0 Å². The Hall–Kier alpha value is -1.93. The highest BCUT2D eigenvalue weighted by molar-refractivity contribution is 7.89. The van der Waals surface area contributed by atoms with E-state index in [1.165, 1.54) is 31.4 Å². The predicted octanol–water partition coefficient (Wildman–Crippen LogP) is 3.21. The average molecular weight is 397 g/mol. The smallest absolute Gasteiger partial charge is 0.255 e. The molecule has 2 N–H and O–H groups in total. The summed E-state index contributed by atoms with van der Waals surface area (Å²) in [6.45, 7) is 3.82. The van der Waals surface area contributed by atoms with E-state index in [2.05, 4.69) is 10.0 Å². The molecule has 26 heavy (non-hydrogen) atoms. The van der Waals surface area contributed by atoms with Gasteiger partial charge in [0.2, 0.25) is 10.0 Å². The number of halogens is 1. The van der Waals surface area contributed by atoms with Crippen molar-refractivity contribution in [3.63, 3.8) is 0 Å². The van der Waals surface area contributed by atoms with Crippen LogP contribution in [0.3, 0.4) is 0 Å². The molecule has 0 saturated heterocycles. The summed E-state index contributed by atoms with van der Waals surface area (Å²) in [6, 6.07) is 10.6. The second-order valence-corrected chi connectivity index (χ2v) is 8.07. The van der Waals surface area contributed by atoms with Gasteiger partial charge in [-0.3, -0.25) is 4.79 Å². The molecular formula is C18H21ClN2O4S. The van der Waals surface area contributed by atoms with Gasteiger partial charge in [-0.1, -0.05) is 17.7 Å². The molecule has 2 aromatic rings. The van der Waals surface area contributed by atoms with Crippen LogP contribution >= 0.6 is 11.6 Å². The predicted molar refractivity (Wildman–Crippen MR) is 102 cm³/mol. The lowest BCUT2D eigenvalue weighted by Crippen LogP contribution is -2.35. The third kappa shape index (κ3) is 5.28. The average Bonchev–Trinajstić information content (AvgIpc) is 2.58. The standard InChI is InChI=1S/C18H21ClN2O4S/c1-12-4-7-15(19)10-17(12)20-18(22)14-5-8-16(9-6-14)26(23,24)21-13(2)11-25-3/h4-10,13,21H,11H2,1-3H3,(H,20,22)/t13-/m1/s1. The quantitative estimate of drug-likeness (QED) is 0.752. The Kier molecular flexibility index (Phi) is 6.77. The lowest BCUT2D eigenvalue weighted by molar-refractivity contribution is 0.102. The molecule has 0 aliphatic carbocycles. The van der Waals surface area contributed by atoms with E-state index in [9.17, 15) is 13.2 Å². The number of anilines is 1. The number of nitrogens with one attached hydrogen (secondary N) is 2. The summed E-state index contributed by atoms with van der Waals surface area (Å²) in [7, 11) is -2.17. The van der Waals surface area contributed by atoms with Crippen molar-refractivity contribution in [2.24, 2.45) is 0 Å². The van der Waals surface area contributed by atoms with Gasteiger partial charge in [0, 0.05) is 29.4 Å². The van der Waals surface area contributed by atoms with Gasteiger partial charge >= 0.3 is 0 Å². The van der Waals surface area contributed by atoms with Crippen molar-refractivity contribution in [3.8, 4) is 0 Å². The van der Waals surface area contributed by atoms with Gasteiger partial charge in [-0.25, -0.2) is 13.1 Å². The summed E-state index contributed by atoms with van der Waals surface area (Å²) in [5.74, 6) is -0.347. The molecule has 0 heterocycles. The van der Waals surface area contributed by atoms with Crippen molar-refractivity contribution < 1.29 is 17.9 Å². The second kappa shape index (κ2) is 8.64. The first-order valence-corrected chi connectivity index (χ1v) is 9.78. The maximum Gasteiger partial charge on any atom is 0.255 e. The molecule has 0 aliphatic rings. The molecule has 8 heteroatoms. The molecule has 2 rings (SSSR count). The number of carbonyl (C=O) groups is 1. The third-order valence-corrected chi connectivity index (χ3v) is 5.49. The van der Waals surface area contributed by atoms with Crippen molar-refractivity contribution in [2.45, 2.75) is 24.8 Å². The number of benzene rings is 2. The van der Waals surface area contributed by atoms with Crippen LogP contribution < -0.4 is 10.0 Å². The van der Waals surface area contributed by atoms with E-state index >= 15 is 0 Å². The molecular weight excluding hydrogens is 376 g/mol. The number of methoxy groups -OCH3 is 1. The fourth-order valence-electron chi connectivity index (χ4n) is 2.33. The minimum Gasteiger partial charge on any atom is -0.383 e. The van der Waals surface area contributed by atoms with Gasteiger partial charge in [-0.2, -0.15) is 0 Å². The topological polar surface area (TPSA) is 84.5 Å². The molecule has 0 aromatic heterocycles. The van der Waals surface area contributed by atoms with Crippen molar-refractivity contribution >= 4 is 33.2 Å². The fraction of sp³-hybridized carbons (Fsp3) is 0.278. The number of rotatable bonds is 7. The van der Waals surface area contributed by atoms with Crippen molar-refractivity contribution in [1.82, 2.24) is 4.72 Å². The van der Waals surface area contributed by atoms with Gasteiger partial charge in [-0.15, -0.1) is 0 Å². The van der Waals surface area contributed by atoms with E-state index in [-0.39, 0.29) is 23.5 Å². The second-order valence-electron chi connectivity index (χ2n) is 5.92. The molecule has 0 spiro atoms. The van der Waals surface area contributed by atoms with Crippen LogP contribution in [-0.2, 0) is 14.8 Å². The largest absolute Gasteiger partial charge is 0.383 e. The Labute approximate surface area is 158 Å². The lowest BCUT2D eigenvalue weighted by Gasteiger charge is -2.13. The maximum atomic E-state index is 12.4. The monoisotopic (exact) mass is 396 g/mol. The summed E-state index contributed by atoms with van der Waals surface area (Å²) >= 11 is 5.95. The summed E-state index contributed by atoms with van der Waals surface area (Å²) in [5, 5.41) is 3.29. The van der Waals surface area contributed by atoms with Crippen molar-refractivity contribution in [3.05, 3.63) is 58.6 Å². The molecule has 6 nitrogen and oxygen atoms in total. The summed E-state index contributed by atoms with van der Waals surface area (Å²) < 4.78 is 32.0. The zero-order valence-electron chi connectivity index (χ0n) is 14.7. The first-order chi connectivity index (χ1) is 12.2. The minimum absolute atomic E-state index is 0.0796. The molecule has 0 fully saturated rings. The normalized spacial score (nSPS) is 12.6. The molecule has 0 bridgehead atoms. The molecule has 1 atom stereocenters. The zero-order valence-corrected chi connectivity index (χ0v) is 16.3. The molecule has 0 saturated carbocycles. The number of amides is 1. The molecule has 0 aliphatic heterocycles. The minimum atomic E-state index is -3.67. The highest BCUT2D eigenvalue weighted by Crippen LogP contribution is 2.21. The Bertz CT molecular complexity index is 883.